The molecule has 0 aliphatic heterocycles. The first kappa shape index (κ1) is 19.2. The highest BCUT2D eigenvalue weighted by Gasteiger charge is 2.28. The third-order valence-corrected chi connectivity index (χ3v) is 5.05. The molecule has 0 amide bonds. The third-order valence-electron chi connectivity index (χ3n) is 4.52. The Balaban J connectivity index is 1.94. The molecule has 2 aromatic carbocycles. The average Bonchev–Trinajstić information content (AvgIpc) is 3.17. The van der Waals surface area contributed by atoms with Crippen LogP contribution in [0.3, 0.4) is 0 Å². The number of aromatic nitrogens is 2. The number of Topliss-reactive ketones (excluding diaryl/α,β-unsaturated/α-hetero) is 2. The van der Waals surface area contributed by atoms with E-state index in [0.717, 1.165) is 10.0 Å². The van der Waals surface area contributed by atoms with E-state index in [0.29, 0.717) is 11.4 Å². The highest BCUT2D eigenvalue weighted by atomic mass is 79.9. The molecule has 0 unspecified atom stereocenters. The van der Waals surface area contributed by atoms with Crippen LogP contribution in [0.4, 0.5) is 0 Å². The molecule has 0 saturated heterocycles. The van der Waals surface area contributed by atoms with Gasteiger partial charge in [0.2, 0.25) is 5.78 Å². The molecule has 5 heteroatoms. The van der Waals surface area contributed by atoms with Gasteiger partial charge >= 0.3 is 0 Å². The van der Waals surface area contributed by atoms with Gasteiger partial charge in [0.05, 0.1) is 5.92 Å². The van der Waals surface area contributed by atoms with Gasteiger partial charge in [0.25, 0.3) is 0 Å². The minimum Gasteiger partial charge on any atom is -0.326 e. The Hall–Kier alpha value is -2.53. The fourth-order valence-electron chi connectivity index (χ4n) is 3.06. The van der Waals surface area contributed by atoms with Crippen LogP contribution < -0.4 is 0 Å². The summed E-state index contributed by atoms with van der Waals surface area (Å²) in [4.78, 5) is 30.4. The van der Waals surface area contributed by atoms with Crippen LogP contribution in [0.25, 0.3) is 0 Å². The quantitative estimate of drug-likeness (QED) is 0.472. The Morgan fingerprint density at radius 3 is 2.33 bits per heavy atom. The number of halogens is 1. The van der Waals surface area contributed by atoms with Gasteiger partial charge in [0.15, 0.2) is 11.6 Å². The van der Waals surface area contributed by atoms with E-state index in [1.165, 1.54) is 0 Å². The van der Waals surface area contributed by atoms with Crippen LogP contribution in [0, 0.1) is 0 Å². The minimum absolute atomic E-state index is 0.0626. The first-order chi connectivity index (χ1) is 13.0. The molecule has 27 heavy (non-hydrogen) atoms. The molecule has 0 aliphatic rings. The van der Waals surface area contributed by atoms with Crippen molar-refractivity contribution < 1.29 is 9.59 Å². The van der Waals surface area contributed by atoms with Crippen molar-refractivity contribution in [1.82, 2.24) is 9.55 Å². The summed E-state index contributed by atoms with van der Waals surface area (Å²) < 4.78 is 2.76. The van der Waals surface area contributed by atoms with Crippen molar-refractivity contribution in [2.24, 2.45) is 0 Å². The fourth-order valence-corrected chi connectivity index (χ4v) is 3.33. The maximum Gasteiger partial charge on any atom is 0.206 e. The number of ketones is 2. The smallest absolute Gasteiger partial charge is 0.206 e. The molecule has 0 bridgehead atoms. The van der Waals surface area contributed by atoms with Gasteiger partial charge in [-0.3, -0.25) is 9.59 Å². The maximum atomic E-state index is 13.3. The second-order valence-electron chi connectivity index (χ2n) is 6.71. The molecule has 0 fully saturated rings. The van der Waals surface area contributed by atoms with Gasteiger partial charge in [0.1, 0.15) is 0 Å². The molecule has 3 rings (SSSR count). The Morgan fingerprint density at radius 2 is 1.70 bits per heavy atom. The average molecular weight is 425 g/mol. The molecule has 0 aliphatic carbocycles. The van der Waals surface area contributed by atoms with E-state index in [4.69, 9.17) is 0 Å². The molecule has 4 nitrogen and oxygen atoms in total. The zero-order valence-corrected chi connectivity index (χ0v) is 16.9. The monoisotopic (exact) mass is 424 g/mol. The molecule has 3 aromatic rings. The molecular weight excluding hydrogens is 404 g/mol. The van der Waals surface area contributed by atoms with E-state index in [2.05, 4.69) is 20.9 Å². The molecule has 0 N–H and O–H groups in total. The summed E-state index contributed by atoms with van der Waals surface area (Å²) in [5, 5.41) is 0. The van der Waals surface area contributed by atoms with Gasteiger partial charge in [-0.15, -0.1) is 0 Å². The van der Waals surface area contributed by atoms with Crippen molar-refractivity contribution in [2.75, 3.05) is 0 Å². The summed E-state index contributed by atoms with van der Waals surface area (Å²) >= 11 is 3.38. The van der Waals surface area contributed by atoms with Gasteiger partial charge in [-0.25, -0.2) is 4.98 Å². The Kier molecular flexibility index (Phi) is 6.01. The van der Waals surface area contributed by atoms with Gasteiger partial charge in [-0.2, -0.15) is 0 Å². The molecule has 138 valence electrons. The Labute approximate surface area is 167 Å². The van der Waals surface area contributed by atoms with Gasteiger partial charge in [-0.05, 0) is 31.5 Å². The number of carbonyl (C=O) groups is 2. The minimum atomic E-state index is -0.567. The molecule has 0 radical (unpaired) electrons. The molecule has 1 heterocycles. The summed E-state index contributed by atoms with van der Waals surface area (Å²) in [5.41, 5.74) is 1.42. The first-order valence-electron chi connectivity index (χ1n) is 8.88. The predicted molar refractivity (Wildman–Crippen MR) is 109 cm³/mol. The maximum absolute atomic E-state index is 13.3. The van der Waals surface area contributed by atoms with Crippen molar-refractivity contribution >= 4 is 27.5 Å². The number of hydrogen-bond acceptors (Lipinski definition) is 3. The molecule has 0 saturated carbocycles. The highest BCUT2D eigenvalue weighted by molar-refractivity contribution is 9.10. The Morgan fingerprint density at radius 1 is 1.04 bits per heavy atom. The fraction of sp³-hybridized carbons (Fsp3) is 0.227. The second kappa shape index (κ2) is 8.44. The normalized spacial score (nSPS) is 12.1. The summed E-state index contributed by atoms with van der Waals surface area (Å²) in [5.74, 6) is -0.373. The van der Waals surface area contributed by atoms with Crippen LogP contribution in [-0.4, -0.2) is 21.1 Å². The lowest BCUT2D eigenvalue weighted by Crippen LogP contribution is -2.21. The van der Waals surface area contributed by atoms with Gasteiger partial charge < -0.3 is 4.57 Å². The van der Waals surface area contributed by atoms with Crippen LogP contribution in [0.1, 0.15) is 58.8 Å². The van der Waals surface area contributed by atoms with E-state index in [-0.39, 0.29) is 24.0 Å². The summed E-state index contributed by atoms with van der Waals surface area (Å²) in [6.07, 6.45) is 3.54. The van der Waals surface area contributed by atoms with E-state index in [9.17, 15) is 9.59 Å². The van der Waals surface area contributed by atoms with Crippen LogP contribution in [-0.2, 0) is 0 Å². The van der Waals surface area contributed by atoms with Crippen molar-refractivity contribution in [3.8, 4) is 0 Å². The third kappa shape index (κ3) is 4.42. The molecule has 1 aromatic heterocycles. The summed E-state index contributed by atoms with van der Waals surface area (Å²) in [6.45, 7) is 4.01. The van der Waals surface area contributed by atoms with E-state index >= 15 is 0 Å². The van der Waals surface area contributed by atoms with E-state index < -0.39 is 5.92 Å². The van der Waals surface area contributed by atoms with E-state index in [1.54, 1.807) is 24.5 Å². The molecular formula is C22H21BrN2O2. The van der Waals surface area contributed by atoms with E-state index in [1.807, 2.05) is 60.9 Å². The highest BCUT2D eigenvalue weighted by Crippen LogP contribution is 2.27. The van der Waals surface area contributed by atoms with Crippen molar-refractivity contribution in [1.29, 1.82) is 0 Å². The molecule has 1 atom stereocenters. The topological polar surface area (TPSA) is 52.0 Å². The lowest BCUT2D eigenvalue weighted by atomic mass is 9.87. The van der Waals surface area contributed by atoms with Crippen LogP contribution in [0.15, 0.2) is 71.5 Å². The molecule has 0 spiro atoms. The number of imidazole rings is 1. The van der Waals surface area contributed by atoms with Crippen LogP contribution in [0.5, 0.6) is 0 Å². The number of nitrogens with zero attached hydrogens (tertiary/aromatic N) is 2. The summed E-state index contributed by atoms with van der Waals surface area (Å²) in [6, 6.07) is 16.8. The number of benzene rings is 2. The van der Waals surface area contributed by atoms with Crippen LogP contribution >= 0.6 is 15.9 Å². The van der Waals surface area contributed by atoms with Gasteiger partial charge in [0, 0.05) is 34.9 Å². The zero-order chi connectivity index (χ0) is 19.4. The number of carbonyl (C=O) groups excluding carboxylic acids is 2. The first-order valence-corrected chi connectivity index (χ1v) is 9.67. The zero-order valence-electron chi connectivity index (χ0n) is 15.3. The standard InChI is InChI=1S/C22H21BrN2O2/c1-15(2)25-13-12-24-22(25)21(27)19(16-6-4-3-5-7-16)14-20(26)17-8-10-18(23)11-9-17/h3-13,15,19H,14H2,1-2H3/t19-/m1/s1. The Bertz CT molecular complexity index is 930. The predicted octanol–water partition coefficient (Wildman–Crippen LogP) is 5.47. The SMILES string of the molecule is CC(C)n1ccnc1C(=O)[C@H](CC(=O)c1ccc(Br)cc1)c1ccccc1. The largest absolute Gasteiger partial charge is 0.326 e. The van der Waals surface area contributed by atoms with Crippen molar-refractivity contribution in [3.05, 3.63) is 88.4 Å². The second-order valence-corrected chi connectivity index (χ2v) is 7.63. The lowest BCUT2D eigenvalue weighted by molar-refractivity contribution is 0.0883. The van der Waals surface area contributed by atoms with Crippen molar-refractivity contribution in [3.63, 3.8) is 0 Å². The number of hydrogen-bond donors (Lipinski definition) is 0. The van der Waals surface area contributed by atoms with Gasteiger partial charge in [-0.1, -0.05) is 58.4 Å². The lowest BCUT2D eigenvalue weighted by Gasteiger charge is -2.18. The summed E-state index contributed by atoms with van der Waals surface area (Å²) in [7, 11) is 0. The van der Waals surface area contributed by atoms with Crippen molar-refractivity contribution in [2.45, 2.75) is 32.2 Å². The van der Waals surface area contributed by atoms with Crippen LogP contribution in [0.2, 0.25) is 0 Å². The number of rotatable bonds is 7.